The van der Waals surface area contributed by atoms with Crippen LogP contribution in [0, 0.1) is 12.7 Å². The Balaban J connectivity index is 1.56. The van der Waals surface area contributed by atoms with Crippen LogP contribution in [0.25, 0.3) is 0 Å². The molecule has 8 nitrogen and oxygen atoms in total. The molecule has 10 heteroatoms. The minimum absolute atomic E-state index is 0.0205. The van der Waals surface area contributed by atoms with Gasteiger partial charge in [0.15, 0.2) is 0 Å². The molecule has 0 radical (unpaired) electrons. The first-order valence-electron chi connectivity index (χ1n) is 8.76. The quantitative estimate of drug-likeness (QED) is 0.375. The highest BCUT2D eigenvalue weighted by atomic mass is 35.5. The Morgan fingerprint density at radius 2 is 2.21 bits per heavy atom. The molecule has 2 aromatic heterocycles. The van der Waals surface area contributed by atoms with Crippen LogP contribution in [0.2, 0.25) is 5.02 Å². The Bertz CT molecular complexity index is 1130. The predicted octanol–water partition coefficient (Wildman–Crippen LogP) is 3.55. The van der Waals surface area contributed by atoms with Crippen molar-refractivity contribution >= 4 is 29.0 Å². The number of hydrogen-bond donors (Lipinski definition) is 2. The molecule has 148 valence electrons. The lowest BCUT2D eigenvalue weighted by Crippen LogP contribution is -2.09. The van der Waals surface area contributed by atoms with E-state index in [0.717, 1.165) is 16.7 Å². The maximum Gasteiger partial charge on any atom is 0.237 e. The molecule has 2 N–H and O–H groups in total. The SMILES string of the molecule is Cc1nnc(CN=C2Cc3c(/C(Cc4ccc(F)c(Cl)c4)=N/O)ccnc3N2)o1. The first-order valence-corrected chi connectivity index (χ1v) is 9.13. The molecule has 4 rings (SSSR count). The number of anilines is 1. The van der Waals surface area contributed by atoms with Crippen LogP contribution in [0.15, 0.2) is 45.0 Å². The van der Waals surface area contributed by atoms with Crippen molar-refractivity contribution in [1.29, 1.82) is 0 Å². The number of nitrogens with zero attached hydrogens (tertiary/aromatic N) is 5. The summed E-state index contributed by atoms with van der Waals surface area (Å²) in [6.45, 7) is 1.97. The summed E-state index contributed by atoms with van der Waals surface area (Å²) in [5.74, 6) is 1.74. The lowest BCUT2D eigenvalue weighted by molar-refractivity contribution is 0.318. The fourth-order valence-electron chi connectivity index (χ4n) is 3.09. The summed E-state index contributed by atoms with van der Waals surface area (Å²) >= 11 is 5.86. The van der Waals surface area contributed by atoms with E-state index < -0.39 is 5.82 Å². The fourth-order valence-corrected chi connectivity index (χ4v) is 3.29. The Morgan fingerprint density at radius 3 is 2.93 bits per heavy atom. The van der Waals surface area contributed by atoms with Gasteiger partial charge in [-0.05, 0) is 23.8 Å². The van der Waals surface area contributed by atoms with E-state index in [1.165, 1.54) is 12.1 Å². The molecule has 1 aliphatic rings. The average Bonchev–Trinajstić information content (AvgIpc) is 3.32. The number of oxime groups is 1. The van der Waals surface area contributed by atoms with Crippen molar-refractivity contribution in [2.75, 3.05) is 5.32 Å². The number of fused-ring (bicyclic) bond motifs is 1. The number of aliphatic imine (C=N–C) groups is 1. The summed E-state index contributed by atoms with van der Waals surface area (Å²) in [4.78, 5) is 8.79. The number of amidine groups is 1. The molecule has 3 heterocycles. The summed E-state index contributed by atoms with van der Waals surface area (Å²) in [6.07, 6.45) is 2.38. The van der Waals surface area contributed by atoms with Crippen molar-refractivity contribution in [1.82, 2.24) is 15.2 Å². The molecule has 0 fully saturated rings. The molecule has 0 aliphatic carbocycles. The second-order valence-electron chi connectivity index (χ2n) is 6.44. The molecule has 0 saturated carbocycles. The van der Waals surface area contributed by atoms with Gasteiger partial charge in [0.1, 0.15) is 24.0 Å². The fraction of sp³-hybridized carbons (Fsp3) is 0.211. The first kappa shape index (κ1) is 19.0. The Labute approximate surface area is 170 Å². The van der Waals surface area contributed by atoms with Crippen LogP contribution in [0.3, 0.4) is 0 Å². The Hall–Kier alpha value is -3.33. The minimum Gasteiger partial charge on any atom is -0.424 e. The number of aromatic nitrogens is 3. The number of halogens is 2. The standard InChI is InChI=1S/C19H16ClFN6O2/c1-10-25-26-18(29-10)9-23-17-8-13-12(4-5-22-19(13)24-17)16(27-28)7-11-2-3-15(21)14(20)6-11/h2-6,28H,7-9H2,1H3,(H,22,23,24)/b27-16+. The van der Waals surface area contributed by atoms with E-state index in [-0.39, 0.29) is 18.0 Å². The normalized spacial score (nSPS) is 14.9. The third-order valence-corrected chi connectivity index (χ3v) is 4.71. The van der Waals surface area contributed by atoms with Gasteiger partial charge >= 0.3 is 0 Å². The van der Waals surface area contributed by atoms with Gasteiger partial charge in [-0.25, -0.2) is 9.37 Å². The number of hydrogen-bond acceptors (Lipinski definition) is 7. The lowest BCUT2D eigenvalue weighted by atomic mass is 9.98. The van der Waals surface area contributed by atoms with Crippen molar-refractivity contribution in [3.8, 4) is 0 Å². The van der Waals surface area contributed by atoms with Gasteiger partial charge in [-0.15, -0.1) is 10.2 Å². The van der Waals surface area contributed by atoms with Crippen LogP contribution in [-0.4, -0.2) is 31.9 Å². The number of rotatable bonds is 5. The number of nitrogens with one attached hydrogen (secondary N) is 1. The molecule has 0 amide bonds. The summed E-state index contributed by atoms with van der Waals surface area (Å²) in [5, 5.41) is 23.9. The van der Waals surface area contributed by atoms with Gasteiger partial charge < -0.3 is 14.9 Å². The van der Waals surface area contributed by atoms with Gasteiger partial charge in [-0.3, -0.25) is 4.99 Å². The topological polar surface area (TPSA) is 109 Å². The van der Waals surface area contributed by atoms with E-state index >= 15 is 0 Å². The average molecular weight is 415 g/mol. The maximum absolute atomic E-state index is 13.4. The van der Waals surface area contributed by atoms with Gasteiger partial charge in [0.05, 0.1) is 10.7 Å². The van der Waals surface area contributed by atoms with Gasteiger partial charge in [0.25, 0.3) is 0 Å². The number of aryl methyl sites for hydroxylation is 1. The Kier molecular flexibility index (Phi) is 5.22. The third-order valence-electron chi connectivity index (χ3n) is 4.42. The van der Waals surface area contributed by atoms with E-state index in [2.05, 4.69) is 30.6 Å². The van der Waals surface area contributed by atoms with Crippen LogP contribution in [0.5, 0.6) is 0 Å². The Morgan fingerprint density at radius 1 is 1.34 bits per heavy atom. The van der Waals surface area contributed by atoms with Crippen molar-refractivity contribution in [2.45, 2.75) is 26.3 Å². The molecule has 0 bridgehead atoms. The van der Waals surface area contributed by atoms with E-state index in [4.69, 9.17) is 16.0 Å². The van der Waals surface area contributed by atoms with Crippen LogP contribution < -0.4 is 5.32 Å². The molecule has 0 atom stereocenters. The molecule has 1 aliphatic heterocycles. The van der Waals surface area contributed by atoms with Crippen LogP contribution in [-0.2, 0) is 19.4 Å². The second kappa shape index (κ2) is 7.96. The first-order chi connectivity index (χ1) is 14.0. The van der Waals surface area contributed by atoms with Crippen molar-refractivity contribution < 1.29 is 14.0 Å². The van der Waals surface area contributed by atoms with Crippen LogP contribution in [0.4, 0.5) is 10.2 Å². The number of pyridine rings is 1. The van der Waals surface area contributed by atoms with E-state index in [9.17, 15) is 9.60 Å². The van der Waals surface area contributed by atoms with Gasteiger partial charge in [0, 0.05) is 37.1 Å². The highest BCUT2D eigenvalue weighted by Gasteiger charge is 2.23. The van der Waals surface area contributed by atoms with Crippen molar-refractivity contribution in [3.63, 3.8) is 0 Å². The third kappa shape index (κ3) is 4.09. The van der Waals surface area contributed by atoms with Gasteiger partial charge in [0.2, 0.25) is 11.8 Å². The summed E-state index contributed by atoms with van der Waals surface area (Å²) in [6, 6.07) is 6.17. The van der Waals surface area contributed by atoms with Crippen molar-refractivity contribution in [3.05, 3.63) is 69.8 Å². The molecule has 0 saturated heterocycles. The van der Waals surface area contributed by atoms with Crippen LogP contribution in [0.1, 0.15) is 28.5 Å². The monoisotopic (exact) mass is 414 g/mol. The van der Waals surface area contributed by atoms with E-state index in [1.807, 2.05) is 0 Å². The molecule has 1 aromatic carbocycles. The zero-order valence-electron chi connectivity index (χ0n) is 15.4. The van der Waals surface area contributed by atoms with Crippen molar-refractivity contribution in [2.24, 2.45) is 10.1 Å². The molecule has 0 spiro atoms. The molecule has 0 unspecified atom stereocenters. The zero-order valence-corrected chi connectivity index (χ0v) is 16.1. The van der Waals surface area contributed by atoms with E-state index in [1.54, 1.807) is 25.3 Å². The predicted molar refractivity (Wildman–Crippen MR) is 105 cm³/mol. The zero-order chi connectivity index (χ0) is 20.4. The summed E-state index contributed by atoms with van der Waals surface area (Å²) in [7, 11) is 0. The van der Waals surface area contributed by atoms with E-state index in [0.29, 0.717) is 35.6 Å². The largest absolute Gasteiger partial charge is 0.424 e. The minimum atomic E-state index is -0.496. The summed E-state index contributed by atoms with van der Waals surface area (Å²) in [5.41, 5.74) is 2.72. The lowest BCUT2D eigenvalue weighted by Gasteiger charge is -2.09. The second-order valence-corrected chi connectivity index (χ2v) is 6.84. The highest BCUT2D eigenvalue weighted by Crippen LogP contribution is 2.27. The molecule has 29 heavy (non-hydrogen) atoms. The van der Waals surface area contributed by atoms with Crippen LogP contribution >= 0.6 is 11.6 Å². The van der Waals surface area contributed by atoms with Gasteiger partial charge in [-0.1, -0.05) is 22.8 Å². The molecular weight excluding hydrogens is 399 g/mol. The molecular formula is C19H16ClFN6O2. The maximum atomic E-state index is 13.4. The number of benzene rings is 1. The summed E-state index contributed by atoms with van der Waals surface area (Å²) < 4.78 is 18.7. The van der Waals surface area contributed by atoms with Gasteiger partial charge in [-0.2, -0.15) is 0 Å². The smallest absolute Gasteiger partial charge is 0.237 e. The molecule has 3 aromatic rings. The highest BCUT2D eigenvalue weighted by molar-refractivity contribution is 6.30.